The van der Waals surface area contributed by atoms with Gasteiger partial charge in [0.2, 0.25) is 5.91 Å². The van der Waals surface area contributed by atoms with Crippen LogP contribution in [0.1, 0.15) is 31.2 Å². The second kappa shape index (κ2) is 7.25. The van der Waals surface area contributed by atoms with Crippen LogP contribution < -0.4 is 5.32 Å². The molecule has 126 valence electrons. The van der Waals surface area contributed by atoms with Crippen molar-refractivity contribution in [3.8, 4) is 5.82 Å². The van der Waals surface area contributed by atoms with Gasteiger partial charge in [0.25, 0.3) is 0 Å². The van der Waals surface area contributed by atoms with Gasteiger partial charge < -0.3 is 10.4 Å². The molecule has 0 aromatic carbocycles. The van der Waals surface area contributed by atoms with Gasteiger partial charge in [-0.2, -0.15) is 5.10 Å². The van der Waals surface area contributed by atoms with Gasteiger partial charge in [-0.05, 0) is 30.9 Å². The van der Waals surface area contributed by atoms with Crippen LogP contribution >= 0.6 is 0 Å². The van der Waals surface area contributed by atoms with Crippen LogP contribution in [0.15, 0.2) is 36.8 Å². The van der Waals surface area contributed by atoms with Crippen molar-refractivity contribution < 1.29 is 14.7 Å². The zero-order valence-corrected chi connectivity index (χ0v) is 13.3. The predicted molar refractivity (Wildman–Crippen MR) is 86.3 cm³/mol. The summed E-state index contributed by atoms with van der Waals surface area (Å²) < 4.78 is 1.62. The summed E-state index contributed by atoms with van der Waals surface area (Å²) in [6.45, 7) is 0.221. The van der Waals surface area contributed by atoms with Crippen molar-refractivity contribution in [1.29, 1.82) is 0 Å². The van der Waals surface area contributed by atoms with Gasteiger partial charge in [-0.25, -0.2) is 9.67 Å². The second-order valence-electron chi connectivity index (χ2n) is 6.02. The summed E-state index contributed by atoms with van der Waals surface area (Å²) in [6.07, 6.45) is 8.66. The molecule has 0 saturated heterocycles. The topological polar surface area (TPSA) is 97.1 Å². The highest BCUT2D eigenvalue weighted by Gasteiger charge is 2.36. The van der Waals surface area contributed by atoms with Crippen molar-refractivity contribution in [2.45, 2.75) is 32.2 Å². The van der Waals surface area contributed by atoms with Crippen LogP contribution in [0.25, 0.3) is 5.82 Å². The Morgan fingerprint density at radius 3 is 2.75 bits per heavy atom. The van der Waals surface area contributed by atoms with Crippen LogP contribution in [0.3, 0.4) is 0 Å². The fourth-order valence-electron chi connectivity index (χ4n) is 3.28. The Balaban J connectivity index is 1.71. The Bertz CT molecular complexity index is 708. The quantitative estimate of drug-likeness (QED) is 0.788. The van der Waals surface area contributed by atoms with Crippen LogP contribution in [0.4, 0.5) is 0 Å². The maximum atomic E-state index is 12.4. The van der Waals surface area contributed by atoms with E-state index in [0.29, 0.717) is 5.82 Å². The first-order valence-electron chi connectivity index (χ1n) is 8.11. The van der Waals surface area contributed by atoms with Crippen LogP contribution in [-0.2, 0) is 16.1 Å². The number of amides is 1. The second-order valence-corrected chi connectivity index (χ2v) is 6.02. The third-order valence-electron chi connectivity index (χ3n) is 4.46. The van der Waals surface area contributed by atoms with Crippen LogP contribution in [0.5, 0.6) is 0 Å². The fourth-order valence-corrected chi connectivity index (χ4v) is 3.28. The monoisotopic (exact) mass is 328 g/mol. The number of pyridine rings is 1. The first-order valence-corrected chi connectivity index (χ1v) is 8.11. The lowest BCUT2D eigenvalue weighted by molar-refractivity contribution is -0.149. The summed E-state index contributed by atoms with van der Waals surface area (Å²) in [7, 11) is 0. The summed E-state index contributed by atoms with van der Waals surface area (Å²) in [5.41, 5.74) is 0.783. The summed E-state index contributed by atoms with van der Waals surface area (Å²) in [5.74, 6) is -1.89. The van der Waals surface area contributed by atoms with Gasteiger partial charge in [0.05, 0.1) is 0 Å². The average Bonchev–Trinajstić information content (AvgIpc) is 3.27. The Hall–Kier alpha value is -2.70. The number of aliphatic carboxylic acids is 1. The highest BCUT2D eigenvalue weighted by Crippen LogP contribution is 2.31. The highest BCUT2D eigenvalue weighted by atomic mass is 16.4. The first-order chi connectivity index (χ1) is 11.7. The van der Waals surface area contributed by atoms with Crippen molar-refractivity contribution in [2.24, 2.45) is 11.8 Å². The zero-order valence-electron chi connectivity index (χ0n) is 13.3. The van der Waals surface area contributed by atoms with E-state index in [1.807, 2.05) is 6.07 Å². The van der Waals surface area contributed by atoms with Gasteiger partial charge in [0.15, 0.2) is 5.82 Å². The largest absolute Gasteiger partial charge is 0.481 e. The number of carboxylic acids is 1. The third kappa shape index (κ3) is 3.45. The molecule has 0 aliphatic heterocycles. The number of carbonyl (C=O) groups is 2. The van der Waals surface area contributed by atoms with Gasteiger partial charge in [0, 0.05) is 30.7 Å². The Morgan fingerprint density at radius 1 is 1.29 bits per heavy atom. The van der Waals surface area contributed by atoms with E-state index in [1.54, 1.807) is 35.4 Å². The van der Waals surface area contributed by atoms with Crippen molar-refractivity contribution >= 4 is 11.9 Å². The zero-order chi connectivity index (χ0) is 16.9. The van der Waals surface area contributed by atoms with E-state index in [1.165, 1.54) is 0 Å². The Morgan fingerprint density at radius 2 is 2.08 bits per heavy atom. The number of nitrogens with one attached hydrogen (secondary N) is 1. The van der Waals surface area contributed by atoms with Gasteiger partial charge in [-0.3, -0.25) is 9.59 Å². The van der Waals surface area contributed by atoms with Gasteiger partial charge in [-0.1, -0.05) is 18.9 Å². The predicted octanol–water partition coefficient (Wildman–Crippen LogP) is 1.77. The molecule has 7 nitrogen and oxygen atoms in total. The molecule has 1 saturated carbocycles. The lowest BCUT2D eigenvalue weighted by Crippen LogP contribution is -2.39. The molecule has 1 amide bonds. The maximum Gasteiger partial charge on any atom is 0.316 e. The molecule has 24 heavy (non-hydrogen) atoms. The molecule has 1 aliphatic carbocycles. The number of rotatable bonds is 6. The Kier molecular flexibility index (Phi) is 4.88. The van der Waals surface area contributed by atoms with E-state index in [4.69, 9.17) is 0 Å². The summed E-state index contributed by atoms with van der Waals surface area (Å²) >= 11 is 0. The molecule has 2 N–H and O–H groups in total. The molecule has 2 aromatic rings. The molecule has 1 aliphatic rings. The van der Waals surface area contributed by atoms with E-state index in [2.05, 4.69) is 15.4 Å². The lowest BCUT2D eigenvalue weighted by atomic mass is 9.90. The number of hydrogen-bond donors (Lipinski definition) is 2. The number of nitrogens with zero attached hydrogens (tertiary/aromatic N) is 3. The molecule has 1 unspecified atom stereocenters. The van der Waals surface area contributed by atoms with E-state index in [-0.39, 0.29) is 12.5 Å². The molecule has 0 radical (unpaired) electrons. The molecule has 1 atom stereocenters. The molecular weight excluding hydrogens is 308 g/mol. The minimum atomic E-state index is -1.04. The first kappa shape index (κ1) is 16.2. The molecule has 1 fully saturated rings. The summed E-state index contributed by atoms with van der Waals surface area (Å²) in [6, 6.07) is 5.41. The standard InChI is InChI=1S/C17H20N4O3/c22-16(14(17(23)24)12-5-1-2-6-12)19-11-13-7-3-8-18-15(13)21-10-4-9-20-21/h3-4,7-10,12,14H,1-2,5-6,11H2,(H,19,22)(H,23,24). The average molecular weight is 328 g/mol. The van der Waals surface area contributed by atoms with Gasteiger partial charge in [0.1, 0.15) is 5.92 Å². The van der Waals surface area contributed by atoms with E-state index >= 15 is 0 Å². The van der Waals surface area contributed by atoms with Gasteiger partial charge in [-0.15, -0.1) is 0 Å². The molecular formula is C17H20N4O3. The van der Waals surface area contributed by atoms with Crippen molar-refractivity contribution in [3.05, 3.63) is 42.4 Å². The summed E-state index contributed by atoms with van der Waals surface area (Å²) in [4.78, 5) is 28.2. The minimum Gasteiger partial charge on any atom is -0.481 e. The fraction of sp³-hybridized carbons (Fsp3) is 0.412. The molecule has 0 bridgehead atoms. The minimum absolute atomic E-state index is 0.0676. The van der Waals surface area contributed by atoms with E-state index in [9.17, 15) is 14.7 Å². The number of carbonyl (C=O) groups excluding carboxylic acids is 1. The number of hydrogen-bond acceptors (Lipinski definition) is 4. The van der Waals surface area contributed by atoms with E-state index < -0.39 is 17.8 Å². The normalized spacial score (nSPS) is 16.0. The molecule has 7 heteroatoms. The van der Waals surface area contributed by atoms with E-state index in [0.717, 1.165) is 31.2 Å². The lowest BCUT2D eigenvalue weighted by Gasteiger charge is -2.19. The highest BCUT2D eigenvalue weighted by molar-refractivity contribution is 5.97. The maximum absolute atomic E-state index is 12.4. The van der Waals surface area contributed by atoms with Crippen LogP contribution in [-0.4, -0.2) is 31.7 Å². The van der Waals surface area contributed by atoms with Crippen LogP contribution in [0, 0.1) is 11.8 Å². The third-order valence-corrected chi connectivity index (χ3v) is 4.46. The molecule has 2 aromatic heterocycles. The SMILES string of the molecule is O=C(O)C(C(=O)NCc1cccnc1-n1cccn1)C1CCCC1. The molecule has 3 rings (SSSR count). The van der Waals surface area contributed by atoms with Crippen LogP contribution in [0.2, 0.25) is 0 Å². The van der Waals surface area contributed by atoms with Crippen molar-refractivity contribution in [3.63, 3.8) is 0 Å². The Labute approximate surface area is 139 Å². The molecule has 0 spiro atoms. The molecule has 2 heterocycles. The van der Waals surface area contributed by atoms with Gasteiger partial charge >= 0.3 is 5.97 Å². The summed E-state index contributed by atoms with van der Waals surface area (Å²) in [5, 5.41) is 16.3. The smallest absolute Gasteiger partial charge is 0.316 e. The number of aromatic nitrogens is 3. The van der Waals surface area contributed by atoms with Crippen molar-refractivity contribution in [2.75, 3.05) is 0 Å². The van der Waals surface area contributed by atoms with Crippen molar-refractivity contribution in [1.82, 2.24) is 20.1 Å². The number of carboxylic acid groups (broad SMARTS) is 1.